The Bertz CT molecular complexity index is 265. The second kappa shape index (κ2) is 8.82. The van der Waals surface area contributed by atoms with E-state index < -0.39 is 0 Å². The Kier molecular flexibility index (Phi) is 8.99. The molecule has 0 heterocycles. The predicted octanol–water partition coefficient (Wildman–Crippen LogP) is 5.73. The summed E-state index contributed by atoms with van der Waals surface area (Å²) in [5.41, 5.74) is 0. The topological polar surface area (TPSA) is 29.5 Å². The first-order valence-electron chi connectivity index (χ1n) is 6.35. The van der Waals surface area contributed by atoms with Crippen LogP contribution in [0, 0.1) is 11.8 Å². The highest BCUT2D eigenvalue weighted by atomic mass is 79.9. The fourth-order valence-corrected chi connectivity index (χ4v) is 7.83. The first-order valence-corrected chi connectivity index (χ1v) is 10.9. The summed E-state index contributed by atoms with van der Waals surface area (Å²) in [6.45, 7) is 4.23. The van der Waals surface area contributed by atoms with Gasteiger partial charge in [0.2, 0.25) is 0 Å². The molecule has 0 aromatic heterocycles. The summed E-state index contributed by atoms with van der Waals surface area (Å²) in [5.74, 6) is 0.711. The number of rotatable bonds is 5. The van der Waals surface area contributed by atoms with E-state index in [9.17, 15) is 0 Å². The lowest BCUT2D eigenvalue weighted by atomic mass is 9.82. The number of alkyl halides is 5. The standard InChI is InChI=1S/C12H19Br5O2/c1-3-5(2)7(19-18)4-6-8(13)10(15)12(17)11(16)9(6)14/h5-12,18H,3-4H2,1-2H3. The van der Waals surface area contributed by atoms with E-state index in [0.29, 0.717) is 36.0 Å². The maximum atomic E-state index is 9.15. The minimum Gasteiger partial charge on any atom is -0.252 e. The van der Waals surface area contributed by atoms with Crippen LogP contribution in [0.5, 0.6) is 0 Å². The van der Waals surface area contributed by atoms with Gasteiger partial charge in [-0.2, -0.15) is 0 Å². The second-order valence-electron chi connectivity index (χ2n) is 5.15. The summed E-state index contributed by atoms with van der Waals surface area (Å²) < 4.78 is 0. The summed E-state index contributed by atoms with van der Waals surface area (Å²) in [4.78, 5) is 6.34. The van der Waals surface area contributed by atoms with Gasteiger partial charge in [0.25, 0.3) is 0 Å². The lowest BCUT2D eigenvalue weighted by Gasteiger charge is -2.43. The van der Waals surface area contributed by atoms with Gasteiger partial charge in [-0.25, -0.2) is 4.89 Å². The number of hydrogen-bond acceptors (Lipinski definition) is 2. The van der Waals surface area contributed by atoms with Crippen molar-refractivity contribution in [1.82, 2.24) is 0 Å². The Hall–Kier alpha value is 2.32. The molecule has 6 atom stereocenters. The minimum atomic E-state index is -0.124. The highest BCUT2D eigenvalue weighted by Gasteiger charge is 2.47. The fourth-order valence-electron chi connectivity index (χ4n) is 2.35. The van der Waals surface area contributed by atoms with Gasteiger partial charge in [0.1, 0.15) is 0 Å². The third kappa shape index (κ3) is 4.64. The van der Waals surface area contributed by atoms with Gasteiger partial charge < -0.3 is 0 Å². The molecule has 1 N–H and O–H groups in total. The Balaban J connectivity index is 2.79. The molecule has 1 saturated carbocycles. The number of hydrogen-bond donors (Lipinski definition) is 1. The second-order valence-corrected chi connectivity index (χ2v) is 10.4. The molecular weight excluding hydrogens is 576 g/mol. The highest BCUT2D eigenvalue weighted by molar-refractivity contribution is 9.15. The van der Waals surface area contributed by atoms with Crippen LogP contribution in [0.4, 0.5) is 0 Å². The maximum Gasteiger partial charge on any atom is 0.0956 e. The quantitative estimate of drug-likeness (QED) is 0.250. The molecule has 7 heteroatoms. The maximum absolute atomic E-state index is 9.15. The van der Waals surface area contributed by atoms with Crippen molar-refractivity contribution in [3.8, 4) is 0 Å². The van der Waals surface area contributed by atoms with Crippen LogP contribution in [0.3, 0.4) is 0 Å². The molecule has 114 valence electrons. The molecule has 0 saturated heterocycles. The van der Waals surface area contributed by atoms with Gasteiger partial charge in [0.15, 0.2) is 0 Å². The number of halogens is 5. The van der Waals surface area contributed by atoms with Crippen molar-refractivity contribution in [3.63, 3.8) is 0 Å². The van der Waals surface area contributed by atoms with Crippen molar-refractivity contribution in [1.29, 1.82) is 0 Å². The van der Waals surface area contributed by atoms with Crippen molar-refractivity contribution >= 4 is 79.6 Å². The summed E-state index contributed by atoms with van der Waals surface area (Å²) >= 11 is 18.8. The zero-order valence-electron chi connectivity index (χ0n) is 10.8. The first-order chi connectivity index (χ1) is 8.84. The summed E-state index contributed by atoms with van der Waals surface area (Å²) in [7, 11) is 0. The molecule has 0 amide bonds. The summed E-state index contributed by atoms with van der Waals surface area (Å²) in [6, 6.07) is 0. The molecule has 0 aromatic carbocycles. The van der Waals surface area contributed by atoms with E-state index in [0.717, 1.165) is 12.8 Å². The molecule has 19 heavy (non-hydrogen) atoms. The van der Waals surface area contributed by atoms with Gasteiger partial charge in [-0.3, -0.25) is 5.26 Å². The molecule has 1 aliphatic carbocycles. The van der Waals surface area contributed by atoms with Crippen LogP contribution < -0.4 is 0 Å². The molecule has 0 spiro atoms. The third-order valence-corrected chi connectivity index (χ3v) is 12.7. The SMILES string of the molecule is CCC(C)C(CC1C(Br)C(Br)C(Br)C(Br)C1Br)OO. The van der Waals surface area contributed by atoms with E-state index in [1.807, 2.05) is 0 Å². The van der Waals surface area contributed by atoms with Gasteiger partial charge >= 0.3 is 0 Å². The molecule has 0 bridgehead atoms. The van der Waals surface area contributed by atoms with Gasteiger partial charge in [0, 0.05) is 24.1 Å². The molecule has 0 aliphatic heterocycles. The molecular formula is C12H19Br5O2. The molecule has 1 rings (SSSR count). The van der Waals surface area contributed by atoms with Crippen LogP contribution in [0.25, 0.3) is 0 Å². The summed E-state index contributed by atoms with van der Waals surface area (Å²) in [6.07, 6.45) is 1.69. The van der Waals surface area contributed by atoms with Crippen LogP contribution in [-0.2, 0) is 4.89 Å². The van der Waals surface area contributed by atoms with Crippen LogP contribution in [0.15, 0.2) is 0 Å². The smallest absolute Gasteiger partial charge is 0.0956 e. The van der Waals surface area contributed by atoms with Crippen LogP contribution >= 0.6 is 79.6 Å². The van der Waals surface area contributed by atoms with Crippen molar-refractivity contribution in [2.24, 2.45) is 11.8 Å². The average Bonchev–Trinajstić information content (AvgIpc) is 2.42. The zero-order chi connectivity index (χ0) is 14.7. The van der Waals surface area contributed by atoms with Crippen molar-refractivity contribution in [3.05, 3.63) is 0 Å². The van der Waals surface area contributed by atoms with Gasteiger partial charge in [0.05, 0.1) is 6.10 Å². The molecule has 1 aliphatic rings. The van der Waals surface area contributed by atoms with Crippen LogP contribution in [0.2, 0.25) is 0 Å². The van der Waals surface area contributed by atoms with Gasteiger partial charge in [-0.1, -0.05) is 99.9 Å². The lowest BCUT2D eigenvalue weighted by molar-refractivity contribution is -0.292. The monoisotopic (exact) mass is 590 g/mol. The normalized spacial score (nSPS) is 42.9. The van der Waals surface area contributed by atoms with E-state index in [-0.39, 0.29) is 6.10 Å². The molecule has 6 unspecified atom stereocenters. The Morgan fingerprint density at radius 2 is 1.37 bits per heavy atom. The molecule has 2 nitrogen and oxygen atoms in total. The summed E-state index contributed by atoms with van der Waals surface area (Å²) in [5, 5.41) is 9.15. The molecule has 1 fully saturated rings. The Morgan fingerprint density at radius 3 is 1.74 bits per heavy atom. The van der Waals surface area contributed by atoms with Crippen molar-refractivity contribution in [2.45, 2.75) is 56.9 Å². The van der Waals surface area contributed by atoms with E-state index >= 15 is 0 Å². The van der Waals surface area contributed by atoms with E-state index in [2.05, 4.69) is 93.5 Å². The van der Waals surface area contributed by atoms with E-state index in [1.54, 1.807) is 0 Å². The third-order valence-electron chi connectivity index (χ3n) is 3.95. The fraction of sp³-hybridized carbons (Fsp3) is 1.00. The van der Waals surface area contributed by atoms with Crippen molar-refractivity contribution < 1.29 is 10.1 Å². The van der Waals surface area contributed by atoms with E-state index in [1.165, 1.54) is 0 Å². The molecule has 0 aromatic rings. The van der Waals surface area contributed by atoms with Crippen molar-refractivity contribution in [2.75, 3.05) is 0 Å². The van der Waals surface area contributed by atoms with Gasteiger partial charge in [-0.15, -0.1) is 0 Å². The Labute approximate surface area is 157 Å². The minimum absolute atomic E-state index is 0.124. The first kappa shape index (κ1) is 19.4. The Morgan fingerprint density at radius 1 is 0.947 bits per heavy atom. The van der Waals surface area contributed by atoms with Gasteiger partial charge in [-0.05, 0) is 18.3 Å². The zero-order valence-corrected chi connectivity index (χ0v) is 18.7. The molecule has 0 radical (unpaired) electrons. The van der Waals surface area contributed by atoms with Crippen LogP contribution in [-0.4, -0.2) is 35.5 Å². The predicted molar refractivity (Wildman–Crippen MR) is 98.6 cm³/mol. The highest BCUT2D eigenvalue weighted by Crippen LogP contribution is 2.46. The lowest BCUT2D eigenvalue weighted by Crippen LogP contribution is -2.51. The van der Waals surface area contributed by atoms with Crippen LogP contribution in [0.1, 0.15) is 26.7 Å². The van der Waals surface area contributed by atoms with E-state index in [4.69, 9.17) is 10.1 Å². The largest absolute Gasteiger partial charge is 0.252 e. The average molecular weight is 595 g/mol.